The molecule has 24 heavy (non-hydrogen) atoms. The van der Waals surface area contributed by atoms with Gasteiger partial charge in [0.1, 0.15) is 12.3 Å². The first-order valence-corrected chi connectivity index (χ1v) is 7.61. The predicted molar refractivity (Wildman–Crippen MR) is 93.7 cm³/mol. The van der Waals surface area contributed by atoms with E-state index < -0.39 is 0 Å². The highest BCUT2D eigenvalue weighted by molar-refractivity contribution is 6.00. The summed E-state index contributed by atoms with van der Waals surface area (Å²) < 4.78 is 6.96. The first-order chi connectivity index (χ1) is 11.6. The summed E-state index contributed by atoms with van der Waals surface area (Å²) in [6.45, 7) is 2.00. The van der Waals surface area contributed by atoms with Crippen LogP contribution in [0.4, 0.5) is 5.69 Å². The van der Waals surface area contributed by atoms with Gasteiger partial charge in [0.25, 0.3) is 0 Å². The maximum atomic E-state index is 12.4. The van der Waals surface area contributed by atoms with Gasteiger partial charge in [-0.2, -0.15) is 0 Å². The Kier molecular flexibility index (Phi) is 4.33. The van der Waals surface area contributed by atoms with Crippen molar-refractivity contribution >= 4 is 28.8 Å². The summed E-state index contributed by atoms with van der Waals surface area (Å²) in [6, 6.07) is 14.7. The number of para-hydroxylation sites is 1. The molecule has 0 aliphatic rings. The molecule has 122 valence electrons. The number of rotatable bonds is 5. The molecule has 0 spiro atoms. The Morgan fingerprint density at radius 3 is 2.54 bits per heavy atom. The lowest BCUT2D eigenvalue weighted by atomic mass is 10.1. The Morgan fingerprint density at radius 2 is 1.88 bits per heavy atom. The van der Waals surface area contributed by atoms with Crippen LogP contribution in [0.3, 0.4) is 0 Å². The summed E-state index contributed by atoms with van der Waals surface area (Å²) in [4.78, 5) is 23.7. The fourth-order valence-electron chi connectivity index (χ4n) is 2.83. The molecule has 0 aliphatic carbocycles. The lowest BCUT2D eigenvalue weighted by Gasteiger charge is -2.10. The quantitative estimate of drug-likeness (QED) is 0.732. The molecule has 2 aromatic carbocycles. The summed E-state index contributed by atoms with van der Waals surface area (Å²) in [7, 11) is 1.60. The van der Waals surface area contributed by atoms with Crippen molar-refractivity contribution in [1.29, 1.82) is 0 Å². The van der Waals surface area contributed by atoms with Gasteiger partial charge in [0.05, 0.1) is 7.11 Å². The third kappa shape index (κ3) is 2.88. The van der Waals surface area contributed by atoms with Crippen LogP contribution in [0.2, 0.25) is 0 Å². The van der Waals surface area contributed by atoms with Crippen LogP contribution in [0.25, 0.3) is 10.9 Å². The number of methoxy groups -OCH3 is 1. The molecule has 0 aliphatic heterocycles. The van der Waals surface area contributed by atoms with Crippen molar-refractivity contribution in [2.45, 2.75) is 13.5 Å². The summed E-state index contributed by atoms with van der Waals surface area (Å²) in [5.74, 6) is 0.581. The molecule has 0 unspecified atom stereocenters. The number of benzene rings is 2. The molecule has 0 saturated carbocycles. The third-order valence-electron chi connectivity index (χ3n) is 4.07. The Labute approximate surface area is 139 Å². The van der Waals surface area contributed by atoms with E-state index in [1.165, 1.54) is 0 Å². The minimum atomic E-state index is -0.151. The normalized spacial score (nSPS) is 10.6. The van der Waals surface area contributed by atoms with Gasteiger partial charge in [-0.25, -0.2) is 0 Å². The zero-order valence-corrected chi connectivity index (χ0v) is 13.6. The third-order valence-corrected chi connectivity index (χ3v) is 4.07. The second-order valence-corrected chi connectivity index (χ2v) is 5.50. The summed E-state index contributed by atoms with van der Waals surface area (Å²) in [5.41, 5.74) is 2.99. The molecule has 5 heteroatoms. The molecule has 0 fully saturated rings. The number of ether oxygens (including phenoxy) is 1. The smallest absolute Gasteiger partial charge is 0.244 e. The van der Waals surface area contributed by atoms with Crippen LogP contribution in [-0.4, -0.2) is 23.9 Å². The van der Waals surface area contributed by atoms with E-state index in [0.717, 1.165) is 28.6 Å². The van der Waals surface area contributed by atoms with Crippen molar-refractivity contribution in [3.8, 4) is 5.75 Å². The van der Waals surface area contributed by atoms with Crippen molar-refractivity contribution in [2.75, 3.05) is 12.4 Å². The molecular formula is C19H18N2O3. The van der Waals surface area contributed by atoms with Gasteiger partial charge in [0, 0.05) is 27.8 Å². The van der Waals surface area contributed by atoms with Gasteiger partial charge in [-0.05, 0) is 37.3 Å². The SMILES string of the molecule is COc1ccc(NC(=O)Cn2c(C)c(C=O)c3ccccc32)cc1. The van der Waals surface area contributed by atoms with Crippen LogP contribution in [0.5, 0.6) is 5.75 Å². The molecule has 5 nitrogen and oxygen atoms in total. The van der Waals surface area contributed by atoms with E-state index >= 15 is 0 Å². The van der Waals surface area contributed by atoms with Crippen molar-refractivity contribution in [2.24, 2.45) is 0 Å². The maximum absolute atomic E-state index is 12.4. The summed E-state index contributed by atoms with van der Waals surface area (Å²) in [5, 5.41) is 3.72. The van der Waals surface area contributed by atoms with Crippen molar-refractivity contribution in [1.82, 2.24) is 4.57 Å². The fraction of sp³-hybridized carbons (Fsp3) is 0.158. The van der Waals surface area contributed by atoms with Gasteiger partial charge in [-0.15, -0.1) is 0 Å². The molecule has 1 aromatic heterocycles. The van der Waals surface area contributed by atoms with E-state index in [-0.39, 0.29) is 12.5 Å². The number of hydrogen-bond donors (Lipinski definition) is 1. The zero-order chi connectivity index (χ0) is 17.1. The Hall–Kier alpha value is -3.08. The monoisotopic (exact) mass is 322 g/mol. The minimum absolute atomic E-state index is 0.145. The lowest BCUT2D eigenvalue weighted by Crippen LogP contribution is -2.19. The molecule has 3 rings (SSSR count). The van der Waals surface area contributed by atoms with Crippen LogP contribution in [0.15, 0.2) is 48.5 Å². The van der Waals surface area contributed by atoms with Gasteiger partial charge in [-0.3, -0.25) is 9.59 Å². The van der Waals surface area contributed by atoms with Gasteiger partial charge in [-0.1, -0.05) is 18.2 Å². The average molecular weight is 322 g/mol. The number of aldehydes is 1. The Balaban J connectivity index is 1.85. The molecule has 0 saturated heterocycles. The number of nitrogens with zero attached hydrogens (tertiary/aromatic N) is 1. The van der Waals surface area contributed by atoms with E-state index in [0.29, 0.717) is 11.3 Å². The molecular weight excluding hydrogens is 304 g/mol. The minimum Gasteiger partial charge on any atom is -0.497 e. The number of carbonyl (C=O) groups is 2. The number of nitrogens with one attached hydrogen (secondary N) is 1. The average Bonchev–Trinajstić information content (AvgIpc) is 2.87. The highest BCUT2D eigenvalue weighted by Crippen LogP contribution is 2.24. The van der Waals surface area contributed by atoms with E-state index in [1.807, 2.05) is 35.8 Å². The number of carbonyl (C=O) groups excluding carboxylic acids is 2. The second kappa shape index (κ2) is 6.58. The maximum Gasteiger partial charge on any atom is 0.244 e. The first-order valence-electron chi connectivity index (χ1n) is 7.61. The van der Waals surface area contributed by atoms with E-state index in [9.17, 15) is 9.59 Å². The number of fused-ring (bicyclic) bond motifs is 1. The first kappa shape index (κ1) is 15.8. The highest BCUT2D eigenvalue weighted by Gasteiger charge is 2.15. The van der Waals surface area contributed by atoms with Gasteiger partial charge >= 0.3 is 0 Å². The van der Waals surface area contributed by atoms with Crippen LogP contribution in [-0.2, 0) is 11.3 Å². The standard InChI is InChI=1S/C19H18N2O3/c1-13-17(12-22)16-5-3-4-6-18(16)21(13)11-19(23)20-14-7-9-15(24-2)10-8-14/h3-10,12H,11H2,1-2H3,(H,20,23). The van der Waals surface area contributed by atoms with Gasteiger partial charge in [0.2, 0.25) is 5.91 Å². The second-order valence-electron chi connectivity index (χ2n) is 5.50. The molecule has 0 radical (unpaired) electrons. The number of anilines is 1. The van der Waals surface area contributed by atoms with Crippen LogP contribution in [0, 0.1) is 6.92 Å². The highest BCUT2D eigenvalue weighted by atomic mass is 16.5. The van der Waals surface area contributed by atoms with Crippen molar-refractivity contribution < 1.29 is 14.3 Å². The molecule has 1 heterocycles. The number of aromatic nitrogens is 1. The Morgan fingerprint density at radius 1 is 1.17 bits per heavy atom. The van der Waals surface area contributed by atoms with Gasteiger partial charge < -0.3 is 14.6 Å². The molecule has 1 amide bonds. The number of amides is 1. The molecule has 3 aromatic rings. The number of hydrogen-bond acceptors (Lipinski definition) is 3. The predicted octanol–water partition coefficient (Wildman–Crippen LogP) is 3.41. The van der Waals surface area contributed by atoms with Crippen molar-refractivity contribution in [3.63, 3.8) is 0 Å². The largest absolute Gasteiger partial charge is 0.497 e. The summed E-state index contributed by atoms with van der Waals surface area (Å²) in [6.07, 6.45) is 0.843. The molecule has 1 N–H and O–H groups in total. The van der Waals surface area contributed by atoms with Crippen LogP contribution < -0.4 is 10.1 Å². The van der Waals surface area contributed by atoms with Crippen LogP contribution >= 0.6 is 0 Å². The Bertz CT molecular complexity index is 895. The van der Waals surface area contributed by atoms with Crippen molar-refractivity contribution in [3.05, 3.63) is 59.8 Å². The van der Waals surface area contributed by atoms with Gasteiger partial charge in [0.15, 0.2) is 6.29 Å². The topological polar surface area (TPSA) is 60.3 Å². The zero-order valence-electron chi connectivity index (χ0n) is 13.6. The van der Waals surface area contributed by atoms with E-state index in [1.54, 1.807) is 31.4 Å². The summed E-state index contributed by atoms with van der Waals surface area (Å²) >= 11 is 0. The van der Waals surface area contributed by atoms with E-state index in [2.05, 4.69) is 5.32 Å². The van der Waals surface area contributed by atoms with Crippen LogP contribution in [0.1, 0.15) is 16.1 Å². The fourth-order valence-corrected chi connectivity index (χ4v) is 2.83. The van der Waals surface area contributed by atoms with E-state index in [4.69, 9.17) is 4.74 Å². The lowest BCUT2D eigenvalue weighted by molar-refractivity contribution is -0.116. The molecule has 0 atom stereocenters. The molecule has 0 bridgehead atoms.